The van der Waals surface area contributed by atoms with Gasteiger partial charge < -0.3 is 4.74 Å². The van der Waals surface area contributed by atoms with Gasteiger partial charge >= 0.3 is 5.97 Å². The van der Waals surface area contributed by atoms with E-state index < -0.39 is 35.0 Å². The molecule has 34 heavy (non-hydrogen) atoms. The van der Waals surface area contributed by atoms with Gasteiger partial charge in [-0.2, -0.15) is 0 Å². The Hall–Kier alpha value is -3.24. The number of rotatable bonds is 4. The van der Waals surface area contributed by atoms with Crippen molar-refractivity contribution in [2.45, 2.75) is 38.0 Å². The lowest BCUT2D eigenvalue weighted by Gasteiger charge is -2.32. The maximum atomic E-state index is 13.9. The summed E-state index contributed by atoms with van der Waals surface area (Å²) in [6.45, 7) is 4.98. The molecule has 1 aromatic heterocycles. The van der Waals surface area contributed by atoms with Gasteiger partial charge in [0.2, 0.25) is 17.7 Å². The lowest BCUT2D eigenvalue weighted by Crippen LogP contribution is -2.43. The van der Waals surface area contributed by atoms with Gasteiger partial charge in [0.1, 0.15) is 11.3 Å². The number of thioether (sulfide) groups is 1. The van der Waals surface area contributed by atoms with Crippen LogP contribution in [0.15, 0.2) is 58.0 Å². The average Bonchev–Trinajstić information content (AvgIpc) is 3.49. The van der Waals surface area contributed by atoms with E-state index in [0.29, 0.717) is 27.7 Å². The summed E-state index contributed by atoms with van der Waals surface area (Å²) in [6.07, 6.45) is 0. The highest BCUT2D eigenvalue weighted by Crippen LogP contribution is 2.50. The van der Waals surface area contributed by atoms with Gasteiger partial charge in [-0.15, -0.1) is 11.3 Å². The van der Waals surface area contributed by atoms with E-state index in [4.69, 9.17) is 4.74 Å². The molecule has 4 heterocycles. The largest absolute Gasteiger partial charge is 0.463 e. The van der Waals surface area contributed by atoms with Crippen LogP contribution in [0.25, 0.3) is 0 Å². The highest BCUT2D eigenvalue weighted by Gasteiger charge is 2.55. The number of thiophene rings is 1. The van der Waals surface area contributed by atoms with Crippen LogP contribution in [-0.2, 0) is 23.9 Å². The molecule has 2 aromatic rings. The number of benzene rings is 1. The molecule has 0 saturated carbocycles. The topological polar surface area (TPSA) is 96.3 Å². The Morgan fingerprint density at radius 1 is 1.12 bits per heavy atom. The molecule has 3 aliphatic heterocycles. The second kappa shape index (κ2) is 8.52. The van der Waals surface area contributed by atoms with Crippen molar-refractivity contribution < 1.29 is 23.9 Å². The highest BCUT2D eigenvalue weighted by molar-refractivity contribution is 8.15. The molecule has 0 spiro atoms. The zero-order valence-electron chi connectivity index (χ0n) is 18.7. The molecular formula is C24H21N3O5S2. The number of hydrogen-bond donors (Lipinski definition) is 0. The molecule has 0 aliphatic carbocycles. The van der Waals surface area contributed by atoms with Crippen LogP contribution in [0.3, 0.4) is 0 Å². The van der Waals surface area contributed by atoms with Crippen molar-refractivity contribution in [1.29, 1.82) is 0 Å². The smallest absolute Gasteiger partial charge is 0.338 e. The molecule has 3 atom stereocenters. The quantitative estimate of drug-likeness (QED) is 0.601. The number of nitrogens with zero attached hydrogens (tertiary/aromatic N) is 3. The van der Waals surface area contributed by atoms with E-state index in [-0.39, 0.29) is 12.5 Å². The number of allylic oxidation sites excluding steroid dienone is 1. The molecule has 10 heteroatoms. The molecule has 3 aliphatic rings. The first-order valence-corrected chi connectivity index (χ1v) is 12.5. The maximum Gasteiger partial charge on any atom is 0.338 e. The Kier molecular flexibility index (Phi) is 5.65. The number of para-hydroxylation sites is 1. The van der Waals surface area contributed by atoms with Gasteiger partial charge in [-0.05, 0) is 36.9 Å². The molecule has 5 rings (SSSR count). The van der Waals surface area contributed by atoms with Crippen LogP contribution in [-0.4, -0.2) is 45.6 Å². The molecule has 1 aromatic carbocycles. The number of ether oxygens (including phenoxy) is 1. The Balaban J connectivity index is 1.58. The van der Waals surface area contributed by atoms with Gasteiger partial charge in [0, 0.05) is 11.8 Å². The fourth-order valence-electron chi connectivity index (χ4n) is 4.66. The Labute approximate surface area is 204 Å². The highest BCUT2D eigenvalue weighted by atomic mass is 32.2. The van der Waals surface area contributed by atoms with Crippen LogP contribution in [0.2, 0.25) is 0 Å². The summed E-state index contributed by atoms with van der Waals surface area (Å²) in [5.41, 5.74) is 1.93. The minimum absolute atomic E-state index is 0.197. The molecule has 174 valence electrons. The summed E-state index contributed by atoms with van der Waals surface area (Å²) in [5.74, 6) is -2.50. The van der Waals surface area contributed by atoms with E-state index >= 15 is 0 Å². The maximum absolute atomic E-state index is 13.9. The lowest BCUT2D eigenvalue weighted by molar-refractivity contribution is -0.140. The van der Waals surface area contributed by atoms with Crippen molar-refractivity contribution in [3.8, 4) is 0 Å². The standard InChI is InChI=1S/C24H21N3O5S2/c1-4-32-23(31)17-12(2)25-24-27(19(17)16-10-7-11-33-16)22(30)20(34-24)18-14-8-5-6-9-15(14)26(13(3)28)21(18)29/h5-11,18-20H,4H2,1-3H3. The summed E-state index contributed by atoms with van der Waals surface area (Å²) < 4.78 is 5.29. The molecule has 3 amide bonds. The molecule has 1 saturated heterocycles. The fraction of sp³-hybridized carbons (Fsp3) is 0.292. The summed E-state index contributed by atoms with van der Waals surface area (Å²) >= 11 is 2.63. The molecule has 8 nitrogen and oxygen atoms in total. The number of esters is 1. The molecular weight excluding hydrogens is 474 g/mol. The van der Waals surface area contributed by atoms with Crippen LogP contribution in [0.1, 0.15) is 43.2 Å². The molecule has 3 unspecified atom stereocenters. The number of fused-ring (bicyclic) bond motifs is 2. The van der Waals surface area contributed by atoms with Crippen molar-refractivity contribution in [1.82, 2.24) is 4.90 Å². The summed E-state index contributed by atoms with van der Waals surface area (Å²) in [5, 5.41) is 1.50. The van der Waals surface area contributed by atoms with Crippen LogP contribution in [0.5, 0.6) is 0 Å². The Morgan fingerprint density at radius 2 is 1.88 bits per heavy atom. The molecule has 1 fully saturated rings. The summed E-state index contributed by atoms with van der Waals surface area (Å²) in [6, 6.07) is 10.1. The SMILES string of the molecule is CCOC(=O)C1=C(C)N=C2SC(C3C(=O)N(C(C)=O)c4ccccc43)C(=O)N2C1c1cccs1. The first kappa shape index (κ1) is 22.5. The number of carbonyl (C=O) groups is 4. The van der Waals surface area contributed by atoms with Crippen LogP contribution < -0.4 is 4.90 Å². The van der Waals surface area contributed by atoms with Crippen molar-refractivity contribution in [2.75, 3.05) is 11.5 Å². The Bertz CT molecular complexity index is 1280. The van der Waals surface area contributed by atoms with Gasteiger partial charge in [0.15, 0.2) is 5.17 Å². The molecule has 0 radical (unpaired) electrons. The number of hydrogen-bond acceptors (Lipinski definition) is 8. The zero-order chi connectivity index (χ0) is 24.1. The fourth-order valence-corrected chi connectivity index (χ4v) is 6.82. The zero-order valence-corrected chi connectivity index (χ0v) is 20.3. The van der Waals surface area contributed by atoms with E-state index in [1.165, 1.54) is 34.9 Å². The van der Waals surface area contributed by atoms with E-state index in [0.717, 1.165) is 9.78 Å². The van der Waals surface area contributed by atoms with E-state index in [1.54, 1.807) is 38.1 Å². The number of amides is 3. The van der Waals surface area contributed by atoms with E-state index in [2.05, 4.69) is 4.99 Å². The number of anilines is 1. The first-order valence-electron chi connectivity index (χ1n) is 10.8. The van der Waals surface area contributed by atoms with Gasteiger partial charge in [-0.3, -0.25) is 19.3 Å². The monoisotopic (exact) mass is 495 g/mol. The average molecular weight is 496 g/mol. The van der Waals surface area contributed by atoms with E-state index in [9.17, 15) is 19.2 Å². The van der Waals surface area contributed by atoms with Crippen LogP contribution in [0.4, 0.5) is 5.69 Å². The summed E-state index contributed by atoms with van der Waals surface area (Å²) in [4.78, 5) is 60.4. The minimum atomic E-state index is -0.832. The van der Waals surface area contributed by atoms with Gasteiger partial charge in [-0.25, -0.2) is 14.7 Å². The lowest BCUT2D eigenvalue weighted by atomic mass is 9.94. The predicted octanol–water partition coefficient (Wildman–Crippen LogP) is 3.62. The van der Waals surface area contributed by atoms with Crippen molar-refractivity contribution in [2.24, 2.45) is 4.99 Å². The van der Waals surface area contributed by atoms with Crippen LogP contribution in [0, 0.1) is 0 Å². The van der Waals surface area contributed by atoms with E-state index in [1.807, 2.05) is 17.5 Å². The third-order valence-electron chi connectivity index (χ3n) is 6.03. The second-order valence-electron chi connectivity index (χ2n) is 8.01. The van der Waals surface area contributed by atoms with Gasteiger partial charge in [0.25, 0.3) is 0 Å². The van der Waals surface area contributed by atoms with Gasteiger partial charge in [0.05, 0.1) is 29.5 Å². The number of imide groups is 1. The van der Waals surface area contributed by atoms with Crippen molar-refractivity contribution in [3.05, 3.63) is 63.5 Å². The predicted molar refractivity (Wildman–Crippen MR) is 129 cm³/mol. The van der Waals surface area contributed by atoms with Crippen molar-refractivity contribution in [3.63, 3.8) is 0 Å². The normalized spacial score (nSPS) is 23.7. The summed E-state index contributed by atoms with van der Waals surface area (Å²) in [7, 11) is 0. The third kappa shape index (κ3) is 3.32. The van der Waals surface area contributed by atoms with Gasteiger partial charge in [-0.1, -0.05) is 36.0 Å². The number of carbonyl (C=O) groups excluding carboxylic acids is 4. The Morgan fingerprint density at radius 3 is 2.56 bits per heavy atom. The number of amidine groups is 1. The van der Waals surface area contributed by atoms with Crippen molar-refractivity contribution >= 4 is 57.6 Å². The third-order valence-corrected chi connectivity index (χ3v) is 8.18. The second-order valence-corrected chi connectivity index (χ2v) is 10.1. The van der Waals surface area contributed by atoms with Crippen LogP contribution >= 0.6 is 23.1 Å². The molecule has 0 bridgehead atoms. The first-order chi connectivity index (χ1) is 16.3. The molecule has 0 N–H and O–H groups in total. The number of aliphatic imine (C=N–C) groups is 1. The minimum Gasteiger partial charge on any atom is -0.463 e.